The zero-order valence-corrected chi connectivity index (χ0v) is 19.2. The first-order chi connectivity index (χ1) is 15.6. The van der Waals surface area contributed by atoms with Crippen LogP contribution in [0.25, 0.3) is 21.3 Å². The van der Waals surface area contributed by atoms with Crippen LogP contribution in [0.4, 0.5) is 5.82 Å². The minimum Gasteiger partial charge on any atom is -0.385 e. The molecule has 1 fully saturated rings. The molecule has 0 aliphatic carbocycles. The molecule has 1 unspecified atom stereocenters. The maximum atomic E-state index is 10.7. The Morgan fingerprint density at radius 3 is 2.66 bits per heavy atom. The first kappa shape index (κ1) is 21.1. The average Bonchev–Trinajstić information content (AvgIpc) is 3.49. The highest BCUT2D eigenvalue weighted by molar-refractivity contribution is 7.17. The van der Waals surface area contributed by atoms with Crippen molar-refractivity contribution in [1.82, 2.24) is 24.8 Å². The number of piperidine rings is 1. The number of nitrogens with one attached hydrogen (secondary N) is 1. The summed E-state index contributed by atoms with van der Waals surface area (Å²) < 4.78 is 0. The van der Waals surface area contributed by atoms with E-state index in [1.54, 1.807) is 23.7 Å². The van der Waals surface area contributed by atoms with Gasteiger partial charge in [-0.2, -0.15) is 0 Å². The van der Waals surface area contributed by atoms with Gasteiger partial charge in [0, 0.05) is 36.4 Å². The van der Waals surface area contributed by atoms with Crippen LogP contribution in [0.2, 0.25) is 0 Å². The first-order valence-corrected chi connectivity index (χ1v) is 11.9. The molecule has 5 rings (SSSR count). The minimum absolute atomic E-state index is 0.187. The highest BCUT2D eigenvalue weighted by atomic mass is 32.1. The minimum atomic E-state index is -0.553. The molecule has 32 heavy (non-hydrogen) atoms. The Morgan fingerprint density at radius 2 is 1.97 bits per heavy atom. The second-order valence-corrected chi connectivity index (χ2v) is 9.50. The van der Waals surface area contributed by atoms with Crippen LogP contribution in [0.15, 0.2) is 48.1 Å². The molecule has 4 heterocycles. The van der Waals surface area contributed by atoms with Crippen LogP contribution in [0.5, 0.6) is 0 Å². The van der Waals surface area contributed by atoms with Crippen LogP contribution in [0, 0.1) is 5.92 Å². The normalized spacial score (nSPS) is 16.2. The Morgan fingerprint density at radius 1 is 1.19 bits per heavy atom. The number of benzene rings is 1. The molecule has 1 saturated heterocycles. The maximum Gasteiger partial charge on any atom is 0.146 e. The number of anilines is 1. The summed E-state index contributed by atoms with van der Waals surface area (Å²) in [4.78, 5) is 22.7. The van der Waals surface area contributed by atoms with Gasteiger partial charge >= 0.3 is 0 Å². The van der Waals surface area contributed by atoms with Crippen LogP contribution in [0.3, 0.4) is 0 Å². The van der Waals surface area contributed by atoms with Crippen molar-refractivity contribution in [2.75, 3.05) is 32.1 Å². The second-order valence-electron chi connectivity index (χ2n) is 8.64. The number of imidazole rings is 1. The molecule has 1 aliphatic heterocycles. The number of fused-ring (bicyclic) bond motifs is 1. The van der Waals surface area contributed by atoms with Crippen LogP contribution in [-0.2, 0) is 6.54 Å². The Labute approximate surface area is 191 Å². The van der Waals surface area contributed by atoms with Crippen LogP contribution in [0.1, 0.15) is 30.6 Å². The SMILES string of the molecule is CN(C)Cc1nc(N2CCC(C(O)c3ncc[nH]3)CC2)c2c(-c3ccccc3)csc2n1. The Hall–Kier alpha value is -2.81. The lowest BCUT2D eigenvalue weighted by Gasteiger charge is -2.35. The number of rotatable bonds is 6. The van der Waals surface area contributed by atoms with E-state index < -0.39 is 6.10 Å². The van der Waals surface area contributed by atoms with Gasteiger partial charge in [-0.25, -0.2) is 15.0 Å². The number of H-pyrrole nitrogens is 1. The molecule has 0 radical (unpaired) electrons. The van der Waals surface area contributed by atoms with Gasteiger partial charge in [0.2, 0.25) is 0 Å². The lowest BCUT2D eigenvalue weighted by molar-refractivity contribution is 0.0856. The fraction of sp³-hybridized carbons (Fsp3) is 0.375. The third-order valence-electron chi connectivity index (χ3n) is 6.09. The molecule has 3 aromatic heterocycles. The Bertz CT molecular complexity index is 1170. The fourth-order valence-electron chi connectivity index (χ4n) is 4.47. The smallest absolute Gasteiger partial charge is 0.146 e. The molecular formula is C24H28N6OS. The van der Waals surface area contributed by atoms with Crippen molar-refractivity contribution in [2.45, 2.75) is 25.5 Å². The van der Waals surface area contributed by atoms with Gasteiger partial charge in [-0.05, 0) is 38.4 Å². The van der Waals surface area contributed by atoms with Crippen LogP contribution < -0.4 is 4.90 Å². The Balaban J connectivity index is 1.48. The van der Waals surface area contributed by atoms with E-state index in [0.29, 0.717) is 12.4 Å². The lowest BCUT2D eigenvalue weighted by atomic mass is 9.90. The zero-order chi connectivity index (χ0) is 22.1. The number of hydrogen-bond donors (Lipinski definition) is 2. The number of aromatic nitrogens is 4. The summed E-state index contributed by atoms with van der Waals surface area (Å²) in [6, 6.07) is 10.5. The first-order valence-electron chi connectivity index (χ1n) is 11.0. The van der Waals surface area contributed by atoms with Gasteiger partial charge in [-0.3, -0.25) is 0 Å². The van der Waals surface area contributed by atoms with Crippen molar-refractivity contribution in [3.63, 3.8) is 0 Å². The monoisotopic (exact) mass is 448 g/mol. The molecule has 166 valence electrons. The van der Waals surface area contributed by atoms with Crippen molar-refractivity contribution in [2.24, 2.45) is 5.92 Å². The molecule has 0 bridgehead atoms. The van der Waals surface area contributed by atoms with E-state index >= 15 is 0 Å². The van der Waals surface area contributed by atoms with Crippen molar-refractivity contribution in [1.29, 1.82) is 0 Å². The molecule has 2 N–H and O–H groups in total. The summed E-state index contributed by atoms with van der Waals surface area (Å²) in [5.74, 6) is 2.70. The van der Waals surface area contributed by atoms with E-state index in [9.17, 15) is 5.11 Å². The zero-order valence-electron chi connectivity index (χ0n) is 18.4. The number of aliphatic hydroxyl groups excluding tert-OH is 1. The highest BCUT2D eigenvalue weighted by Gasteiger charge is 2.30. The molecule has 1 atom stereocenters. The second kappa shape index (κ2) is 8.97. The number of nitrogens with zero attached hydrogens (tertiary/aromatic N) is 5. The summed E-state index contributed by atoms with van der Waals surface area (Å²) in [7, 11) is 4.08. The van der Waals surface area contributed by atoms with E-state index in [2.05, 4.69) is 49.4 Å². The lowest BCUT2D eigenvalue weighted by Crippen LogP contribution is -2.36. The highest BCUT2D eigenvalue weighted by Crippen LogP contribution is 2.40. The molecular weight excluding hydrogens is 420 g/mol. The number of aromatic amines is 1. The predicted molar refractivity (Wildman–Crippen MR) is 129 cm³/mol. The topological polar surface area (TPSA) is 81.2 Å². The third kappa shape index (κ3) is 4.13. The van der Waals surface area contributed by atoms with Gasteiger partial charge in [0.15, 0.2) is 0 Å². The molecule has 7 nitrogen and oxygen atoms in total. The molecule has 0 saturated carbocycles. The van der Waals surface area contributed by atoms with Gasteiger partial charge < -0.3 is 19.9 Å². The summed E-state index contributed by atoms with van der Waals surface area (Å²) in [5.41, 5.74) is 2.38. The van der Waals surface area contributed by atoms with Gasteiger partial charge in [-0.15, -0.1) is 11.3 Å². The Kier molecular flexibility index (Phi) is 5.91. The van der Waals surface area contributed by atoms with Crippen molar-refractivity contribution in [3.8, 4) is 11.1 Å². The van der Waals surface area contributed by atoms with Crippen molar-refractivity contribution >= 4 is 27.4 Å². The van der Waals surface area contributed by atoms with E-state index in [-0.39, 0.29) is 5.92 Å². The summed E-state index contributed by atoms with van der Waals surface area (Å²) >= 11 is 1.68. The summed E-state index contributed by atoms with van der Waals surface area (Å²) in [6.45, 7) is 2.40. The van der Waals surface area contributed by atoms with Crippen molar-refractivity contribution < 1.29 is 5.11 Å². The van der Waals surface area contributed by atoms with Gasteiger partial charge in [-0.1, -0.05) is 30.3 Å². The molecule has 1 aliphatic rings. The summed E-state index contributed by atoms with van der Waals surface area (Å²) in [5, 5.41) is 14.1. The van der Waals surface area contributed by atoms with E-state index in [1.807, 2.05) is 20.2 Å². The van der Waals surface area contributed by atoms with Crippen LogP contribution >= 0.6 is 11.3 Å². The molecule has 0 amide bonds. The third-order valence-corrected chi connectivity index (χ3v) is 6.96. The van der Waals surface area contributed by atoms with E-state index in [4.69, 9.17) is 9.97 Å². The van der Waals surface area contributed by atoms with E-state index in [1.165, 1.54) is 11.1 Å². The van der Waals surface area contributed by atoms with E-state index in [0.717, 1.165) is 47.8 Å². The van der Waals surface area contributed by atoms with Crippen molar-refractivity contribution in [3.05, 3.63) is 59.8 Å². The molecule has 8 heteroatoms. The van der Waals surface area contributed by atoms with Gasteiger partial charge in [0.1, 0.15) is 28.4 Å². The number of hydrogen-bond acceptors (Lipinski definition) is 7. The predicted octanol–water partition coefficient (Wildman–Crippen LogP) is 4.09. The van der Waals surface area contributed by atoms with Crippen LogP contribution in [-0.4, -0.2) is 57.1 Å². The van der Waals surface area contributed by atoms with Gasteiger partial charge in [0.05, 0.1) is 11.9 Å². The largest absolute Gasteiger partial charge is 0.385 e. The molecule has 0 spiro atoms. The summed E-state index contributed by atoms with van der Waals surface area (Å²) in [6.07, 6.45) is 4.68. The molecule has 1 aromatic carbocycles. The fourth-order valence-corrected chi connectivity index (χ4v) is 5.43. The maximum absolute atomic E-state index is 10.7. The quantitative estimate of drug-likeness (QED) is 0.462. The average molecular weight is 449 g/mol. The molecule has 4 aromatic rings. The number of thiophene rings is 1. The number of aliphatic hydroxyl groups is 1. The standard InChI is InChI=1S/C24H28N6OS/c1-29(2)14-19-27-23(20-18(15-32-24(20)28-19)16-6-4-3-5-7-16)30-12-8-17(9-13-30)21(31)22-25-10-11-26-22/h3-7,10-11,15,17,21,31H,8-9,12-14H2,1-2H3,(H,25,26). The van der Waals surface area contributed by atoms with Gasteiger partial charge in [0.25, 0.3) is 0 Å².